The van der Waals surface area contributed by atoms with Gasteiger partial charge in [0.1, 0.15) is 0 Å². The van der Waals surface area contributed by atoms with E-state index in [0.29, 0.717) is 5.82 Å². The van der Waals surface area contributed by atoms with Crippen molar-refractivity contribution in [3.05, 3.63) is 36.2 Å². The summed E-state index contributed by atoms with van der Waals surface area (Å²) < 4.78 is 5.61. The number of piperidine rings is 1. The fourth-order valence-corrected chi connectivity index (χ4v) is 3.09. The molecule has 1 atom stereocenters. The SMILES string of the molecule is CCCC1(c2nc(-c3ccccc3)no2)CCCNC1. The Morgan fingerprint density at radius 1 is 1.30 bits per heavy atom. The number of aromatic nitrogens is 2. The van der Waals surface area contributed by atoms with Crippen molar-refractivity contribution in [1.29, 1.82) is 0 Å². The number of hydrogen-bond donors (Lipinski definition) is 1. The quantitative estimate of drug-likeness (QED) is 0.928. The highest BCUT2D eigenvalue weighted by Gasteiger charge is 2.38. The summed E-state index contributed by atoms with van der Waals surface area (Å²) in [7, 11) is 0. The zero-order valence-electron chi connectivity index (χ0n) is 11.9. The molecule has 3 rings (SSSR count). The molecule has 0 spiro atoms. The number of nitrogens with zero attached hydrogens (tertiary/aromatic N) is 2. The van der Waals surface area contributed by atoms with E-state index in [1.54, 1.807) is 0 Å². The summed E-state index contributed by atoms with van der Waals surface area (Å²) in [5.74, 6) is 1.49. The molecule has 1 saturated heterocycles. The Morgan fingerprint density at radius 2 is 2.15 bits per heavy atom. The Morgan fingerprint density at radius 3 is 2.85 bits per heavy atom. The van der Waals surface area contributed by atoms with Gasteiger partial charge < -0.3 is 9.84 Å². The molecule has 1 aromatic heterocycles. The summed E-state index contributed by atoms with van der Waals surface area (Å²) in [6.07, 6.45) is 4.52. The summed E-state index contributed by atoms with van der Waals surface area (Å²) in [6.45, 7) is 4.24. The van der Waals surface area contributed by atoms with Crippen LogP contribution in [0, 0.1) is 0 Å². The first-order valence-electron chi connectivity index (χ1n) is 7.44. The molecule has 0 amide bonds. The van der Waals surface area contributed by atoms with E-state index in [1.165, 1.54) is 6.42 Å². The van der Waals surface area contributed by atoms with Crippen LogP contribution in [-0.2, 0) is 5.41 Å². The van der Waals surface area contributed by atoms with Gasteiger partial charge in [0.25, 0.3) is 0 Å². The van der Waals surface area contributed by atoms with Gasteiger partial charge in [-0.25, -0.2) is 0 Å². The van der Waals surface area contributed by atoms with Crippen LogP contribution in [-0.4, -0.2) is 23.2 Å². The van der Waals surface area contributed by atoms with Crippen LogP contribution in [0.1, 0.15) is 38.5 Å². The Bertz CT molecular complexity index is 538. The van der Waals surface area contributed by atoms with E-state index < -0.39 is 0 Å². The fourth-order valence-electron chi connectivity index (χ4n) is 3.09. The molecule has 1 unspecified atom stereocenters. The third kappa shape index (κ3) is 2.48. The molecule has 4 heteroatoms. The largest absolute Gasteiger partial charge is 0.338 e. The first-order valence-corrected chi connectivity index (χ1v) is 7.44. The predicted molar refractivity (Wildman–Crippen MR) is 78.4 cm³/mol. The normalized spacial score (nSPS) is 22.9. The molecule has 0 radical (unpaired) electrons. The molecular formula is C16H21N3O. The molecule has 2 heterocycles. The molecule has 20 heavy (non-hydrogen) atoms. The van der Waals surface area contributed by atoms with E-state index in [2.05, 4.69) is 22.4 Å². The third-order valence-electron chi connectivity index (χ3n) is 4.11. The lowest BCUT2D eigenvalue weighted by molar-refractivity contribution is 0.213. The van der Waals surface area contributed by atoms with Gasteiger partial charge in [-0.1, -0.05) is 48.8 Å². The predicted octanol–water partition coefficient (Wildman–Crippen LogP) is 3.16. The Balaban J connectivity index is 1.91. The summed E-state index contributed by atoms with van der Waals surface area (Å²) >= 11 is 0. The Labute approximate surface area is 119 Å². The van der Waals surface area contributed by atoms with Crippen molar-refractivity contribution in [2.75, 3.05) is 13.1 Å². The van der Waals surface area contributed by atoms with Gasteiger partial charge in [0.2, 0.25) is 11.7 Å². The standard InChI is InChI=1S/C16H21N3O/c1-2-9-16(10-6-11-17-12-16)15-18-14(19-20-15)13-7-4-3-5-8-13/h3-5,7-8,17H,2,6,9-12H2,1H3. The van der Waals surface area contributed by atoms with Crippen molar-refractivity contribution in [2.45, 2.75) is 38.0 Å². The molecule has 0 bridgehead atoms. The van der Waals surface area contributed by atoms with E-state index in [-0.39, 0.29) is 5.41 Å². The van der Waals surface area contributed by atoms with E-state index in [9.17, 15) is 0 Å². The van der Waals surface area contributed by atoms with Gasteiger partial charge in [0.15, 0.2) is 0 Å². The van der Waals surface area contributed by atoms with Crippen LogP contribution in [0.2, 0.25) is 0 Å². The van der Waals surface area contributed by atoms with Crippen molar-refractivity contribution >= 4 is 0 Å². The molecule has 106 valence electrons. The maximum Gasteiger partial charge on any atom is 0.234 e. The van der Waals surface area contributed by atoms with Crippen LogP contribution in [0.5, 0.6) is 0 Å². The van der Waals surface area contributed by atoms with Crippen molar-refractivity contribution in [1.82, 2.24) is 15.5 Å². The molecule has 2 aromatic rings. The maximum absolute atomic E-state index is 5.61. The molecule has 1 aliphatic heterocycles. The smallest absolute Gasteiger partial charge is 0.234 e. The molecule has 0 saturated carbocycles. The first-order chi connectivity index (χ1) is 9.84. The summed E-state index contributed by atoms with van der Waals surface area (Å²) in [5, 5.41) is 7.66. The molecule has 1 aliphatic rings. The van der Waals surface area contributed by atoms with Crippen molar-refractivity contribution in [3.63, 3.8) is 0 Å². The first kappa shape index (κ1) is 13.3. The zero-order valence-corrected chi connectivity index (χ0v) is 11.9. The Hall–Kier alpha value is -1.68. The van der Waals surface area contributed by atoms with Crippen LogP contribution in [0.15, 0.2) is 34.9 Å². The average molecular weight is 271 g/mol. The lowest BCUT2D eigenvalue weighted by Gasteiger charge is -2.34. The lowest BCUT2D eigenvalue weighted by Crippen LogP contribution is -2.43. The monoisotopic (exact) mass is 271 g/mol. The highest BCUT2D eigenvalue weighted by molar-refractivity contribution is 5.53. The van der Waals surface area contributed by atoms with E-state index in [4.69, 9.17) is 4.52 Å². The Kier molecular flexibility index (Phi) is 3.83. The molecule has 4 nitrogen and oxygen atoms in total. The van der Waals surface area contributed by atoms with Gasteiger partial charge in [-0.3, -0.25) is 0 Å². The molecule has 1 N–H and O–H groups in total. The fraction of sp³-hybridized carbons (Fsp3) is 0.500. The highest BCUT2D eigenvalue weighted by atomic mass is 16.5. The molecule has 1 aromatic carbocycles. The van der Waals surface area contributed by atoms with Crippen LogP contribution in [0.4, 0.5) is 0 Å². The minimum atomic E-state index is 0.0209. The second-order valence-corrected chi connectivity index (χ2v) is 5.60. The number of benzene rings is 1. The second-order valence-electron chi connectivity index (χ2n) is 5.60. The van der Waals surface area contributed by atoms with E-state index in [1.807, 2.05) is 30.3 Å². The highest BCUT2D eigenvalue weighted by Crippen LogP contribution is 2.35. The summed E-state index contributed by atoms with van der Waals surface area (Å²) in [4.78, 5) is 4.68. The number of rotatable bonds is 4. The van der Waals surface area contributed by atoms with Gasteiger partial charge in [-0.2, -0.15) is 4.98 Å². The van der Waals surface area contributed by atoms with Gasteiger partial charge >= 0.3 is 0 Å². The lowest BCUT2D eigenvalue weighted by atomic mass is 9.77. The minimum absolute atomic E-state index is 0.0209. The van der Waals surface area contributed by atoms with Crippen LogP contribution >= 0.6 is 0 Å². The van der Waals surface area contributed by atoms with Crippen LogP contribution in [0.3, 0.4) is 0 Å². The third-order valence-corrected chi connectivity index (χ3v) is 4.11. The van der Waals surface area contributed by atoms with E-state index in [0.717, 1.165) is 43.8 Å². The zero-order chi connectivity index (χ0) is 13.8. The molecule has 0 aliphatic carbocycles. The van der Waals surface area contributed by atoms with Gasteiger partial charge in [-0.05, 0) is 25.8 Å². The minimum Gasteiger partial charge on any atom is -0.338 e. The van der Waals surface area contributed by atoms with Crippen LogP contribution in [0.25, 0.3) is 11.4 Å². The van der Waals surface area contributed by atoms with E-state index >= 15 is 0 Å². The summed E-state index contributed by atoms with van der Waals surface area (Å²) in [6, 6.07) is 10.0. The van der Waals surface area contributed by atoms with Gasteiger partial charge in [-0.15, -0.1) is 0 Å². The average Bonchev–Trinajstić information content (AvgIpc) is 3.00. The van der Waals surface area contributed by atoms with Gasteiger partial charge in [0.05, 0.1) is 5.41 Å². The molecular weight excluding hydrogens is 250 g/mol. The summed E-state index contributed by atoms with van der Waals surface area (Å²) in [5.41, 5.74) is 1.03. The van der Waals surface area contributed by atoms with Crippen molar-refractivity contribution in [3.8, 4) is 11.4 Å². The number of nitrogens with one attached hydrogen (secondary N) is 1. The molecule has 1 fully saturated rings. The number of hydrogen-bond acceptors (Lipinski definition) is 4. The van der Waals surface area contributed by atoms with Crippen LogP contribution < -0.4 is 5.32 Å². The topological polar surface area (TPSA) is 51.0 Å². The maximum atomic E-state index is 5.61. The second kappa shape index (κ2) is 5.75. The van der Waals surface area contributed by atoms with Gasteiger partial charge in [0, 0.05) is 12.1 Å². The van der Waals surface area contributed by atoms with Crippen molar-refractivity contribution < 1.29 is 4.52 Å². The van der Waals surface area contributed by atoms with Crippen molar-refractivity contribution in [2.24, 2.45) is 0 Å².